The molecule has 2 heterocycles. The Labute approximate surface area is 174 Å². The molecule has 2 aromatic carbocycles. The lowest BCUT2D eigenvalue weighted by atomic mass is 9.95. The minimum atomic E-state index is -0.841. The van der Waals surface area contributed by atoms with E-state index in [2.05, 4.69) is 37.7 Å². The van der Waals surface area contributed by atoms with Gasteiger partial charge in [0.2, 0.25) is 12.0 Å². The number of hydrogen-bond acceptors (Lipinski definition) is 5. The highest BCUT2D eigenvalue weighted by atomic mass is 16.6. The van der Waals surface area contributed by atoms with Gasteiger partial charge in [-0.3, -0.25) is 20.4 Å². The third-order valence-electron chi connectivity index (χ3n) is 5.14. The van der Waals surface area contributed by atoms with E-state index in [0.29, 0.717) is 17.4 Å². The molecule has 156 valence electrons. The van der Waals surface area contributed by atoms with Crippen LogP contribution in [0, 0.1) is 6.92 Å². The molecule has 1 aliphatic rings. The Bertz CT molecular complexity index is 1100. The molecule has 1 aromatic heterocycles. The molecule has 4 rings (SSSR count). The summed E-state index contributed by atoms with van der Waals surface area (Å²) < 4.78 is 16.8. The Morgan fingerprint density at radius 3 is 2.67 bits per heavy atom. The molecule has 0 bridgehead atoms. The number of hydrogen-bond donors (Lipinski definition) is 2. The fourth-order valence-electron chi connectivity index (χ4n) is 3.58. The highest BCUT2D eigenvalue weighted by molar-refractivity contribution is 5.90. The highest BCUT2D eigenvalue weighted by Crippen LogP contribution is 2.31. The number of fused-ring (bicyclic) bond motifs is 2. The number of nitrogens with one attached hydrogen (secondary N) is 2. The van der Waals surface area contributed by atoms with E-state index in [1.165, 1.54) is 5.56 Å². The van der Waals surface area contributed by atoms with Crippen LogP contribution in [-0.2, 0) is 16.0 Å². The Hall–Kier alpha value is -3.48. The Morgan fingerprint density at radius 2 is 1.90 bits per heavy atom. The molecule has 0 spiro atoms. The van der Waals surface area contributed by atoms with Crippen molar-refractivity contribution < 1.29 is 23.5 Å². The summed E-state index contributed by atoms with van der Waals surface area (Å²) in [5.74, 6) is 0.625. The molecule has 2 N–H and O–H groups in total. The van der Waals surface area contributed by atoms with E-state index in [-0.39, 0.29) is 18.9 Å². The number of ether oxygens (including phenoxy) is 2. The van der Waals surface area contributed by atoms with Crippen molar-refractivity contribution in [2.24, 2.45) is 0 Å². The van der Waals surface area contributed by atoms with E-state index in [1.54, 1.807) is 24.5 Å². The van der Waals surface area contributed by atoms with E-state index in [4.69, 9.17) is 13.9 Å². The second-order valence-electron chi connectivity index (χ2n) is 7.70. The number of hydrazine groups is 1. The molecular formula is C23H24N2O5. The second-order valence-corrected chi connectivity index (χ2v) is 7.70. The average Bonchev–Trinajstić information content (AvgIpc) is 3.12. The van der Waals surface area contributed by atoms with Gasteiger partial charge in [-0.25, -0.2) is 0 Å². The van der Waals surface area contributed by atoms with E-state index in [9.17, 15) is 9.59 Å². The zero-order valence-electron chi connectivity index (χ0n) is 17.2. The van der Waals surface area contributed by atoms with E-state index in [0.717, 1.165) is 22.1 Å². The summed E-state index contributed by atoms with van der Waals surface area (Å²) in [5, 5.41) is 0.909. The van der Waals surface area contributed by atoms with Gasteiger partial charge >= 0.3 is 0 Å². The summed E-state index contributed by atoms with van der Waals surface area (Å²) >= 11 is 0. The smallest absolute Gasteiger partial charge is 0.283 e. The molecule has 7 heteroatoms. The van der Waals surface area contributed by atoms with Gasteiger partial charge < -0.3 is 13.9 Å². The molecule has 1 atom stereocenters. The molecule has 0 saturated heterocycles. The summed E-state index contributed by atoms with van der Waals surface area (Å²) in [6.45, 7) is 6.38. The van der Waals surface area contributed by atoms with Gasteiger partial charge in [-0.05, 0) is 48.2 Å². The van der Waals surface area contributed by atoms with Crippen molar-refractivity contribution in [2.75, 3.05) is 6.61 Å². The molecule has 0 aliphatic carbocycles. The zero-order chi connectivity index (χ0) is 21.3. The maximum atomic E-state index is 12.4. The molecule has 0 fully saturated rings. The molecular weight excluding hydrogens is 384 g/mol. The first kappa shape index (κ1) is 19.8. The van der Waals surface area contributed by atoms with Crippen LogP contribution in [0.2, 0.25) is 0 Å². The van der Waals surface area contributed by atoms with Gasteiger partial charge in [0, 0.05) is 10.9 Å². The SMILES string of the molecule is Cc1cc2occ(CC(=O)NNC(=O)[C@H]3COc4ccccc4O3)c2cc1C(C)C. The highest BCUT2D eigenvalue weighted by Gasteiger charge is 2.27. The first-order chi connectivity index (χ1) is 14.4. The Morgan fingerprint density at radius 1 is 1.13 bits per heavy atom. The minimum Gasteiger partial charge on any atom is -0.485 e. The van der Waals surface area contributed by atoms with Crippen molar-refractivity contribution in [1.29, 1.82) is 0 Å². The van der Waals surface area contributed by atoms with Crippen molar-refractivity contribution in [3.05, 3.63) is 59.4 Å². The molecule has 7 nitrogen and oxygen atoms in total. The summed E-state index contributed by atoms with van der Waals surface area (Å²) in [7, 11) is 0. The van der Waals surface area contributed by atoms with Crippen molar-refractivity contribution >= 4 is 22.8 Å². The monoisotopic (exact) mass is 408 g/mol. The normalized spacial score (nSPS) is 15.3. The van der Waals surface area contributed by atoms with Gasteiger partial charge in [-0.15, -0.1) is 0 Å². The molecule has 0 saturated carbocycles. The lowest BCUT2D eigenvalue weighted by molar-refractivity contribution is -0.134. The van der Waals surface area contributed by atoms with Crippen LogP contribution in [0.1, 0.15) is 36.5 Å². The van der Waals surface area contributed by atoms with Crippen molar-refractivity contribution in [1.82, 2.24) is 10.9 Å². The fourth-order valence-corrected chi connectivity index (χ4v) is 3.58. The van der Waals surface area contributed by atoms with Crippen LogP contribution in [-0.4, -0.2) is 24.5 Å². The summed E-state index contributed by atoms with van der Waals surface area (Å²) in [6.07, 6.45) is 0.829. The molecule has 0 radical (unpaired) electrons. The van der Waals surface area contributed by atoms with Gasteiger partial charge in [0.15, 0.2) is 11.5 Å². The van der Waals surface area contributed by atoms with Crippen molar-refractivity contribution in [3.8, 4) is 11.5 Å². The number of carbonyl (C=O) groups excluding carboxylic acids is 2. The Kier molecular flexibility index (Phi) is 5.35. The van der Waals surface area contributed by atoms with Crippen molar-refractivity contribution in [3.63, 3.8) is 0 Å². The van der Waals surface area contributed by atoms with Crippen LogP contribution in [0.4, 0.5) is 0 Å². The Balaban J connectivity index is 1.37. The predicted octanol–water partition coefficient (Wildman–Crippen LogP) is 3.39. The molecule has 30 heavy (non-hydrogen) atoms. The number of rotatable bonds is 4. The lowest BCUT2D eigenvalue weighted by Gasteiger charge is -2.25. The van der Waals surface area contributed by atoms with Crippen LogP contribution in [0.15, 0.2) is 47.1 Å². The summed E-state index contributed by atoms with van der Waals surface area (Å²) in [6, 6.07) is 11.2. The number of furan rings is 1. The number of amides is 2. The molecule has 2 amide bonds. The lowest BCUT2D eigenvalue weighted by Crippen LogP contribution is -2.51. The number of carbonyl (C=O) groups is 2. The maximum Gasteiger partial charge on any atom is 0.283 e. The third-order valence-corrected chi connectivity index (χ3v) is 5.14. The van der Waals surface area contributed by atoms with Gasteiger partial charge in [-0.2, -0.15) is 0 Å². The number of benzene rings is 2. The number of aryl methyl sites for hydroxylation is 1. The standard InChI is InChI=1S/C23H24N2O5/c1-13(2)16-10-17-15(11-28-20(17)8-14(16)3)9-22(26)24-25-23(27)21-12-29-18-6-4-5-7-19(18)30-21/h4-8,10-11,13,21H,9,12H2,1-3H3,(H,24,26)(H,25,27)/t21-/m1/s1. The predicted molar refractivity (Wildman–Crippen MR) is 111 cm³/mol. The average molecular weight is 408 g/mol. The first-order valence-electron chi connectivity index (χ1n) is 9.90. The number of para-hydroxylation sites is 2. The summed E-state index contributed by atoms with van der Waals surface area (Å²) in [5.41, 5.74) is 8.74. The fraction of sp³-hybridized carbons (Fsp3) is 0.304. The zero-order valence-corrected chi connectivity index (χ0v) is 17.2. The molecule has 3 aromatic rings. The van der Waals surface area contributed by atoms with Crippen LogP contribution >= 0.6 is 0 Å². The van der Waals surface area contributed by atoms with Crippen LogP contribution < -0.4 is 20.3 Å². The van der Waals surface area contributed by atoms with Crippen LogP contribution in [0.25, 0.3) is 11.0 Å². The molecule has 0 unspecified atom stereocenters. The minimum absolute atomic E-state index is 0.0718. The van der Waals surface area contributed by atoms with E-state index >= 15 is 0 Å². The third kappa shape index (κ3) is 3.96. The van der Waals surface area contributed by atoms with Gasteiger partial charge in [0.25, 0.3) is 5.91 Å². The summed E-state index contributed by atoms with van der Waals surface area (Å²) in [4.78, 5) is 24.7. The molecule has 1 aliphatic heterocycles. The quantitative estimate of drug-likeness (QED) is 0.646. The van der Waals surface area contributed by atoms with Gasteiger partial charge in [0.05, 0.1) is 12.7 Å². The maximum absolute atomic E-state index is 12.4. The van der Waals surface area contributed by atoms with Gasteiger partial charge in [-0.1, -0.05) is 26.0 Å². The topological polar surface area (TPSA) is 89.8 Å². The van der Waals surface area contributed by atoms with Gasteiger partial charge in [0.1, 0.15) is 12.2 Å². The van der Waals surface area contributed by atoms with E-state index in [1.807, 2.05) is 12.1 Å². The largest absolute Gasteiger partial charge is 0.485 e. The van der Waals surface area contributed by atoms with Crippen molar-refractivity contribution in [2.45, 2.75) is 39.2 Å². The van der Waals surface area contributed by atoms with Crippen LogP contribution in [0.5, 0.6) is 11.5 Å². The van der Waals surface area contributed by atoms with Crippen LogP contribution in [0.3, 0.4) is 0 Å². The first-order valence-corrected chi connectivity index (χ1v) is 9.90. The van der Waals surface area contributed by atoms with E-state index < -0.39 is 12.0 Å². The second kappa shape index (κ2) is 8.10.